The topological polar surface area (TPSA) is 161 Å². The van der Waals surface area contributed by atoms with E-state index < -0.39 is 21.5 Å². The zero-order valence-electron chi connectivity index (χ0n) is 16.4. The summed E-state index contributed by atoms with van der Waals surface area (Å²) in [6.07, 6.45) is 3.96. The van der Waals surface area contributed by atoms with Gasteiger partial charge in [0.05, 0.1) is 23.4 Å². The molecular formula is C18H25N5O5S. The molecular weight excluding hydrogens is 398 g/mol. The number of rotatable bonds is 5. The molecule has 0 atom stereocenters. The fourth-order valence-electron chi connectivity index (χ4n) is 3.93. The molecule has 158 valence electrons. The fraction of sp³-hybridized carbons (Fsp3) is 0.500. The van der Waals surface area contributed by atoms with Gasteiger partial charge in [-0.15, -0.1) is 0 Å². The summed E-state index contributed by atoms with van der Waals surface area (Å²) in [5.74, 6) is -1.44. The van der Waals surface area contributed by atoms with Crippen molar-refractivity contribution in [3.63, 3.8) is 0 Å². The van der Waals surface area contributed by atoms with E-state index in [4.69, 9.17) is 16.2 Å². The average molecular weight is 423 g/mol. The van der Waals surface area contributed by atoms with E-state index in [0.29, 0.717) is 12.8 Å². The summed E-state index contributed by atoms with van der Waals surface area (Å²) in [5, 5.41) is 9.51. The molecule has 2 aliphatic rings. The van der Waals surface area contributed by atoms with Crippen molar-refractivity contribution in [3.8, 4) is 5.75 Å². The maximum Gasteiger partial charge on any atom is 0.339 e. The molecule has 1 aromatic carbocycles. The zero-order valence-corrected chi connectivity index (χ0v) is 17.2. The molecule has 11 heteroatoms. The van der Waals surface area contributed by atoms with Gasteiger partial charge in [-0.3, -0.25) is 4.90 Å². The quantitative estimate of drug-likeness (QED) is 0.638. The highest BCUT2D eigenvalue weighted by Crippen LogP contribution is 2.43. The second kappa shape index (κ2) is 7.54. The molecule has 0 amide bonds. The molecule has 10 nitrogen and oxygen atoms in total. The van der Waals surface area contributed by atoms with Gasteiger partial charge in [-0.1, -0.05) is 13.3 Å². The number of carboxylic acid groups (broad SMARTS) is 1. The molecule has 1 aliphatic heterocycles. The third kappa shape index (κ3) is 3.61. The molecule has 0 radical (unpaired) electrons. The lowest BCUT2D eigenvalue weighted by atomic mass is 9.87. The Morgan fingerprint density at radius 1 is 1.28 bits per heavy atom. The van der Waals surface area contributed by atoms with Gasteiger partial charge in [0.15, 0.2) is 9.84 Å². The van der Waals surface area contributed by atoms with E-state index in [1.165, 1.54) is 20.1 Å². The van der Waals surface area contributed by atoms with Crippen molar-refractivity contribution < 1.29 is 23.1 Å². The Kier molecular flexibility index (Phi) is 5.44. The summed E-state index contributed by atoms with van der Waals surface area (Å²) in [5.41, 5.74) is 11.2. The molecule has 0 saturated heterocycles. The molecule has 0 aromatic heterocycles. The number of sulfone groups is 1. The Bertz CT molecular complexity index is 996. The van der Waals surface area contributed by atoms with Crippen LogP contribution in [0.2, 0.25) is 0 Å². The minimum atomic E-state index is -3.80. The van der Waals surface area contributed by atoms with Gasteiger partial charge in [0.25, 0.3) is 0 Å². The molecule has 1 aromatic rings. The van der Waals surface area contributed by atoms with E-state index in [0.717, 1.165) is 25.3 Å². The van der Waals surface area contributed by atoms with Crippen LogP contribution in [0, 0.1) is 0 Å². The van der Waals surface area contributed by atoms with E-state index in [1.54, 1.807) is 4.90 Å². The predicted molar refractivity (Wildman–Crippen MR) is 109 cm³/mol. The van der Waals surface area contributed by atoms with Crippen molar-refractivity contribution in [2.45, 2.75) is 49.6 Å². The number of hydrogen-bond donors (Lipinski definition) is 3. The number of guanidine groups is 2. The number of nitrogens with two attached hydrogens (primary N) is 2. The normalized spacial score (nSPS) is 18.9. The van der Waals surface area contributed by atoms with Crippen LogP contribution in [-0.2, 0) is 9.84 Å². The zero-order chi connectivity index (χ0) is 21.4. The van der Waals surface area contributed by atoms with Crippen LogP contribution in [0.1, 0.15) is 49.4 Å². The second-order valence-corrected chi connectivity index (χ2v) is 9.29. The monoisotopic (exact) mass is 423 g/mol. The van der Waals surface area contributed by atoms with E-state index in [9.17, 15) is 18.3 Å². The molecule has 1 heterocycles. The van der Waals surface area contributed by atoms with Gasteiger partial charge < -0.3 is 21.3 Å². The van der Waals surface area contributed by atoms with Crippen molar-refractivity contribution in [1.29, 1.82) is 0 Å². The predicted octanol–water partition coefficient (Wildman–Crippen LogP) is 1.30. The van der Waals surface area contributed by atoms with E-state index in [-0.39, 0.29) is 39.6 Å². The Morgan fingerprint density at radius 2 is 1.93 bits per heavy atom. The number of carbonyl (C=O) groups is 1. The molecule has 1 spiro atoms. The van der Waals surface area contributed by atoms with Crippen molar-refractivity contribution >= 4 is 33.4 Å². The number of carboxylic acids is 1. The molecule has 0 bridgehead atoms. The van der Waals surface area contributed by atoms with Gasteiger partial charge in [0.1, 0.15) is 17.0 Å². The lowest BCUT2D eigenvalue weighted by Crippen LogP contribution is -2.58. The van der Waals surface area contributed by atoms with Crippen LogP contribution in [0.4, 0.5) is 5.69 Å². The number of aromatic carboxylic acids is 1. The van der Waals surface area contributed by atoms with E-state index in [2.05, 4.69) is 9.98 Å². The van der Waals surface area contributed by atoms with E-state index >= 15 is 0 Å². The van der Waals surface area contributed by atoms with Crippen molar-refractivity contribution in [3.05, 3.63) is 17.7 Å². The van der Waals surface area contributed by atoms with Crippen LogP contribution in [0.25, 0.3) is 0 Å². The summed E-state index contributed by atoms with van der Waals surface area (Å²) < 4.78 is 31.0. The highest BCUT2D eigenvalue weighted by atomic mass is 32.2. The maximum absolute atomic E-state index is 12.9. The van der Waals surface area contributed by atoms with Gasteiger partial charge in [-0.2, -0.15) is 4.99 Å². The fourth-order valence-corrected chi connectivity index (χ4v) is 5.01. The maximum atomic E-state index is 12.9. The van der Waals surface area contributed by atoms with Gasteiger partial charge in [-0.25, -0.2) is 18.2 Å². The summed E-state index contributed by atoms with van der Waals surface area (Å²) >= 11 is 0. The number of hydrogen-bond acceptors (Lipinski definition) is 9. The first kappa shape index (κ1) is 20.9. The summed E-state index contributed by atoms with van der Waals surface area (Å²) in [4.78, 5) is 21.7. The molecule has 29 heavy (non-hydrogen) atoms. The van der Waals surface area contributed by atoms with Crippen LogP contribution >= 0.6 is 0 Å². The standard InChI is InChI=1S/C18H25N5O5S/c1-3-29(26,27)14-9-11(15(24)25)13(28-2)10-12(14)23-17(20)21-16(19)22-18(23)7-5-4-6-8-18/h9-10H,3-8H2,1-2H3,(H,24,25)(H4,19,20,21,22). The summed E-state index contributed by atoms with van der Waals surface area (Å²) in [6.45, 7) is 1.49. The first-order chi connectivity index (χ1) is 13.6. The number of ether oxygens (including phenoxy) is 1. The molecule has 3 rings (SSSR count). The molecule has 1 saturated carbocycles. The number of benzene rings is 1. The van der Waals surface area contributed by atoms with Crippen LogP contribution in [0.15, 0.2) is 27.0 Å². The van der Waals surface area contributed by atoms with Gasteiger partial charge in [-0.05, 0) is 31.7 Å². The summed E-state index contributed by atoms with van der Waals surface area (Å²) in [7, 11) is -2.48. The third-order valence-corrected chi connectivity index (χ3v) is 7.08. The van der Waals surface area contributed by atoms with Gasteiger partial charge >= 0.3 is 5.97 Å². The Balaban J connectivity index is 2.33. The second-order valence-electron chi connectivity index (χ2n) is 7.05. The third-order valence-electron chi connectivity index (χ3n) is 5.32. The minimum absolute atomic E-state index is 0.0112. The van der Waals surface area contributed by atoms with Gasteiger partial charge in [0, 0.05) is 6.07 Å². The largest absolute Gasteiger partial charge is 0.496 e. The molecule has 5 N–H and O–H groups in total. The minimum Gasteiger partial charge on any atom is -0.496 e. The lowest BCUT2D eigenvalue weighted by Gasteiger charge is -2.46. The lowest BCUT2D eigenvalue weighted by molar-refractivity contribution is 0.0693. The smallest absolute Gasteiger partial charge is 0.339 e. The first-order valence-corrected chi connectivity index (χ1v) is 11.0. The van der Waals surface area contributed by atoms with Crippen LogP contribution in [-0.4, -0.2) is 49.9 Å². The van der Waals surface area contributed by atoms with Crippen LogP contribution < -0.4 is 21.1 Å². The Labute approximate surface area is 169 Å². The molecule has 0 unspecified atom stereocenters. The number of nitrogens with zero attached hydrogens (tertiary/aromatic N) is 3. The van der Waals surface area contributed by atoms with Crippen LogP contribution in [0.3, 0.4) is 0 Å². The van der Waals surface area contributed by atoms with Crippen LogP contribution in [0.5, 0.6) is 5.75 Å². The Hall–Kier alpha value is -2.82. The highest BCUT2D eigenvalue weighted by Gasteiger charge is 2.44. The number of aliphatic imine (C=N–C) groups is 2. The average Bonchev–Trinajstić information content (AvgIpc) is 2.67. The molecule has 1 fully saturated rings. The first-order valence-electron chi connectivity index (χ1n) is 9.33. The molecule has 1 aliphatic carbocycles. The van der Waals surface area contributed by atoms with Gasteiger partial charge in [0.2, 0.25) is 11.9 Å². The number of anilines is 1. The van der Waals surface area contributed by atoms with Crippen molar-refractivity contribution in [2.24, 2.45) is 21.5 Å². The number of methoxy groups -OCH3 is 1. The van der Waals surface area contributed by atoms with E-state index in [1.807, 2.05) is 0 Å². The highest BCUT2D eigenvalue weighted by molar-refractivity contribution is 7.91. The SMILES string of the molecule is CCS(=O)(=O)c1cc(C(=O)O)c(OC)cc1N1C(N)=NC(N)=NC12CCCCC2. The Morgan fingerprint density at radius 3 is 2.48 bits per heavy atom. The van der Waals surface area contributed by atoms with Crippen molar-refractivity contribution in [2.75, 3.05) is 17.8 Å². The van der Waals surface area contributed by atoms with Crippen molar-refractivity contribution in [1.82, 2.24) is 0 Å². The summed E-state index contributed by atoms with van der Waals surface area (Å²) in [6, 6.07) is 2.49.